The number of hydrogen-bond donors (Lipinski definition) is 0. The average Bonchev–Trinajstić information content (AvgIpc) is 2.63. The Bertz CT molecular complexity index is 600. The van der Waals surface area contributed by atoms with Gasteiger partial charge in [0.25, 0.3) is 5.00 Å². The van der Waals surface area contributed by atoms with E-state index < -0.39 is 11.0 Å². The number of ether oxygens (including phenoxy) is 1. The molecule has 18 heavy (non-hydrogen) atoms. The van der Waals surface area contributed by atoms with Gasteiger partial charge in [-0.1, -0.05) is 48.2 Å². The fourth-order valence-electron chi connectivity index (χ4n) is 1.84. The Morgan fingerprint density at radius 3 is 2.44 bits per heavy atom. The van der Waals surface area contributed by atoms with Crippen LogP contribution in [-0.4, -0.2) is 5.97 Å². The number of benzene rings is 2. The second-order valence-corrected chi connectivity index (χ2v) is 5.13. The number of halogens is 1. The summed E-state index contributed by atoms with van der Waals surface area (Å²) in [4.78, 5) is 12.4. The first-order valence-electron chi connectivity index (χ1n) is 5.45. The van der Waals surface area contributed by atoms with Gasteiger partial charge in [-0.15, -0.1) is 0 Å². The van der Waals surface area contributed by atoms with E-state index in [9.17, 15) is 9.18 Å². The number of fused-ring (bicyclic) bond motifs is 1. The van der Waals surface area contributed by atoms with E-state index in [0.717, 1.165) is 11.8 Å². The van der Waals surface area contributed by atoms with Gasteiger partial charge in [-0.05, 0) is 18.2 Å². The first kappa shape index (κ1) is 11.3. The summed E-state index contributed by atoms with van der Waals surface area (Å²) in [5, 5.41) is -2.15. The van der Waals surface area contributed by atoms with Gasteiger partial charge in [-0.3, -0.25) is 0 Å². The van der Waals surface area contributed by atoms with Crippen molar-refractivity contribution in [3.63, 3.8) is 0 Å². The van der Waals surface area contributed by atoms with Crippen molar-refractivity contribution in [1.29, 1.82) is 0 Å². The molecule has 4 heteroatoms. The molecule has 0 radical (unpaired) electrons. The Labute approximate surface area is 108 Å². The lowest BCUT2D eigenvalue weighted by molar-refractivity contribution is -0.139. The maximum Gasteiger partial charge on any atom is 0.365 e. The quantitative estimate of drug-likeness (QED) is 0.610. The SMILES string of the molecule is O=C1Oc2ccccc2C1(F)Sc1ccccc1. The van der Waals surface area contributed by atoms with Crippen LogP contribution >= 0.6 is 11.8 Å². The highest BCUT2D eigenvalue weighted by Crippen LogP contribution is 2.50. The lowest BCUT2D eigenvalue weighted by Crippen LogP contribution is -2.24. The number of carbonyl (C=O) groups is 1. The van der Waals surface area contributed by atoms with Crippen molar-refractivity contribution in [2.24, 2.45) is 0 Å². The molecule has 0 fully saturated rings. The van der Waals surface area contributed by atoms with Gasteiger partial charge in [0.1, 0.15) is 5.75 Å². The van der Waals surface area contributed by atoms with Crippen LogP contribution < -0.4 is 4.74 Å². The number of carbonyl (C=O) groups excluding carboxylic acids is 1. The molecular weight excluding hydrogens is 251 g/mol. The zero-order valence-electron chi connectivity index (χ0n) is 9.30. The Hall–Kier alpha value is -1.81. The highest BCUT2D eigenvalue weighted by Gasteiger charge is 2.51. The highest BCUT2D eigenvalue weighted by molar-refractivity contribution is 8.00. The second kappa shape index (κ2) is 4.14. The minimum Gasteiger partial charge on any atom is -0.423 e. The largest absolute Gasteiger partial charge is 0.423 e. The normalized spacial score (nSPS) is 21.5. The summed E-state index contributed by atoms with van der Waals surface area (Å²) in [6, 6.07) is 15.6. The first-order valence-corrected chi connectivity index (χ1v) is 6.26. The summed E-state index contributed by atoms with van der Waals surface area (Å²) in [7, 11) is 0. The highest BCUT2D eigenvalue weighted by atomic mass is 32.2. The van der Waals surface area contributed by atoms with Gasteiger partial charge in [0.2, 0.25) is 0 Å². The summed E-state index contributed by atoms with van der Waals surface area (Å²) in [5.41, 5.74) is 0.281. The third-order valence-corrected chi connectivity index (χ3v) is 3.88. The molecule has 0 spiro atoms. The van der Waals surface area contributed by atoms with E-state index in [1.54, 1.807) is 48.5 Å². The molecule has 1 aliphatic heterocycles. The molecular formula is C14H9FO2S. The maximum absolute atomic E-state index is 14.9. The predicted octanol–water partition coefficient (Wildman–Crippen LogP) is 3.52. The molecule has 3 rings (SSSR count). The van der Waals surface area contributed by atoms with Crippen LogP contribution in [0.2, 0.25) is 0 Å². The van der Waals surface area contributed by atoms with E-state index in [1.165, 1.54) is 0 Å². The van der Waals surface area contributed by atoms with Gasteiger partial charge in [0.15, 0.2) is 0 Å². The smallest absolute Gasteiger partial charge is 0.365 e. The van der Waals surface area contributed by atoms with Crippen LogP contribution in [0, 0.1) is 0 Å². The van der Waals surface area contributed by atoms with Gasteiger partial charge >= 0.3 is 5.97 Å². The van der Waals surface area contributed by atoms with E-state index >= 15 is 0 Å². The number of para-hydroxylation sites is 1. The van der Waals surface area contributed by atoms with Crippen LogP contribution in [-0.2, 0) is 9.80 Å². The standard InChI is InChI=1S/C14H9FO2S/c15-14(18-10-6-2-1-3-7-10)11-8-4-5-9-12(11)17-13(14)16/h1-9H. The molecule has 90 valence electrons. The van der Waals surface area contributed by atoms with Crippen molar-refractivity contribution < 1.29 is 13.9 Å². The summed E-state index contributed by atoms with van der Waals surface area (Å²) < 4.78 is 19.8. The molecule has 0 aliphatic carbocycles. The molecule has 0 N–H and O–H groups in total. The Balaban J connectivity index is 2.02. The lowest BCUT2D eigenvalue weighted by Gasteiger charge is -2.15. The molecule has 2 nitrogen and oxygen atoms in total. The molecule has 0 aromatic heterocycles. The van der Waals surface area contributed by atoms with Crippen LogP contribution in [0.5, 0.6) is 5.75 Å². The van der Waals surface area contributed by atoms with Crippen LogP contribution in [0.3, 0.4) is 0 Å². The minimum atomic E-state index is -2.15. The van der Waals surface area contributed by atoms with Gasteiger partial charge in [0.05, 0.1) is 5.56 Å². The zero-order valence-corrected chi connectivity index (χ0v) is 10.1. The molecule has 0 saturated carbocycles. The number of thioether (sulfide) groups is 1. The van der Waals surface area contributed by atoms with E-state index in [-0.39, 0.29) is 5.56 Å². The summed E-state index contributed by atoms with van der Waals surface area (Å²) in [5.74, 6) is -0.564. The van der Waals surface area contributed by atoms with E-state index in [1.807, 2.05) is 6.07 Å². The van der Waals surface area contributed by atoms with Gasteiger partial charge in [-0.25, -0.2) is 9.18 Å². The Morgan fingerprint density at radius 1 is 1.00 bits per heavy atom. The predicted molar refractivity (Wildman–Crippen MR) is 67.2 cm³/mol. The van der Waals surface area contributed by atoms with Gasteiger partial charge in [-0.2, -0.15) is 0 Å². The fourth-order valence-corrected chi connectivity index (χ4v) is 2.87. The molecule has 0 saturated heterocycles. The second-order valence-electron chi connectivity index (χ2n) is 3.90. The minimum absolute atomic E-state index is 0.281. The average molecular weight is 260 g/mol. The number of hydrogen-bond acceptors (Lipinski definition) is 3. The monoisotopic (exact) mass is 260 g/mol. The summed E-state index contributed by atoms with van der Waals surface area (Å²) >= 11 is 0.863. The molecule has 0 bridgehead atoms. The zero-order chi connectivity index (χ0) is 12.6. The fraction of sp³-hybridized carbons (Fsp3) is 0.0714. The van der Waals surface area contributed by atoms with Crippen LogP contribution in [0.1, 0.15) is 5.56 Å². The number of alkyl halides is 1. The first-order chi connectivity index (χ1) is 8.70. The van der Waals surface area contributed by atoms with Crippen molar-refractivity contribution in [3.8, 4) is 5.75 Å². The van der Waals surface area contributed by atoms with Crippen molar-refractivity contribution in [2.75, 3.05) is 0 Å². The van der Waals surface area contributed by atoms with Gasteiger partial charge < -0.3 is 4.74 Å². The van der Waals surface area contributed by atoms with Crippen molar-refractivity contribution in [3.05, 3.63) is 60.2 Å². The van der Waals surface area contributed by atoms with Gasteiger partial charge in [0, 0.05) is 4.90 Å². The summed E-state index contributed by atoms with van der Waals surface area (Å²) in [6.07, 6.45) is 0. The summed E-state index contributed by atoms with van der Waals surface area (Å²) in [6.45, 7) is 0. The van der Waals surface area contributed by atoms with Crippen LogP contribution in [0.25, 0.3) is 0 Å². The molecule has 2 aromatic rings. The number of esters is 1. The third kappa shape index (κ3) is 1.69. The Morgan fingerprint density at radius 2 is 1.67 bits per heavy atom. The van der Waals surface area contributed by atoms with E-state index in [4.69, 9.17) is 4.74 Å². The lowest BCUT2D eigenvalue weighted by atomic mass is 10.1. The molecule has 1 atom stereocenters. The van der Waals surface area contributed by atoms with E-state index in [0.29, 0.717) is 10.6 Å². The van der Waals surface area contributed by atoms with Crippen molar-refractivity contribution >= 4 is 17.7 Å². The molecule has 1 heterocycles. The Kier molecular flexibility index (Phi) is 2.59. The third-order valence-electron chi connectivity index (χ3n) is 2.70. The number of rotatable bonds is 2. The molecule has 2 aromatic carbocycles. The van der Waals surface area contributed by atoms with Crippen molar-refractivity contribution in [1.82, 2.24) is 0 Å². The van der Waals surface area contributed by atoms with Crippen LogP contribution in [0.4, 0.5) is 4.39 Å². The molecule has 1 aliphatic rings. The molecule has 1 unspecified atom stereocenters. The van der Waals surface area contributed by atoms with Crippen molar-refractivity contribution in [2.45, 2.75) is 9.90 Å². The maximum atomic E-state index is 14.9. The molecule has 0 amide bonds. The van der Waals surface area contributed by atoms with E-state index in [2.05, 4.69) is 0 Å². The topological polar surface area (TPSA) is 26.3 Å². The van der Waals surface area contributed by atoms with Crippen LogP contribution in [0.15, 0.2) is 59.5 Å².